The number of phenolic OH excluding ortho intramolecular Hbond substituents is 1. The Morgan fingerprint density at radius 3 is 2.38 bits per heavy atom. The van der Waals surface area contributed by atoms with Crippen LogP contribution in [0.2, 0.25) is 0 Å². The third-order valence-corrected chi connectivity index (χ3v) is 2.84. The number of aromatic hydroxyl groups is 1. The van der Waals surface area contributed by atoms with E-state index < -0.39 is 15.7 Å². The molecule has 5 heteroatoms. The summed E-state index contributed by atoms with van der Waals surface area (Å²) in [5.74, 6) is -1.13. The maximum Gasteiger partial charge on any atom is 0.178 e. The molecule has 0 bridgehead atoms. The summed E-state index contributed by atoms with van der Waals surface area (Å²) < 4.78 is 35.2. The minimum Gasteiger partial charge on any atom is -0.508 e. The minimum absolute atomic E-state index is 0.0528. The van der Waals surface area contributed by atoms with Crippen LogP contribution in [0.4, 0.5) is 4.39 Å². The Labute approximate surface area is 75.7 Å². The molecule has 0 fully saturated rings. The molecule has 0 atom stereocenters. The summed E-state index contributed by atoms with van der Waals surface area (Å²) in [6.07, 6.45) is 0.919. The number of hydrogen-bond donors (Lipinski definition) is 1. The molecule has 13 heavy (non-hydrogen) atoms. The Morgan fingerprint density at radius 2 is 1.92 bits per heavy atom. The summed E-state index contributed by atoms with van der Waals surface area (Å²) in [4.78, 5) is -0.386. The normalized spacial score (nSPS) is 11.6. The number of benzene rings is 1. The molecule has 0 aliphatic carbocycles. The average Bonchev–Trinajstić information content (AvgIpc) is 1.98. The Morgan fingerprint density at radius 1 is 1.38 bits per heavy atom. The first-order valence-corrected chi connectivity index (χ1v) is 5.41. The van der Waals surface area contributed by atoms with E-state index in [4.69, 9.17) is 5.11 Å². The molecule has 0 aromatic heterocycles. The SMILES string of the molecule is Cc1c(O)ccc(S(C)(=O)=O)c1F. The summed E-state index contributed by atoms with van der Waals surface area (Å²) in [5.41, 5.74) is -0.0528. The quantitative estimate of drug-likeness (QED) is 0.748. The van der Waals surface area contributed by atoms with Crippen LogP contribution in [0.1, 0.15) is 5.56 Å². The first kappa shape index (κ1) is 9.98. The smallest absolute Gasteiger partial charge is 0.178 e. The van der Waals surface area contributed by atoms with Gasteiger partial charge in [-0.2, -0.15) is 0 Å². The predicted octanol–water partition coefficient (Wildman–Crippen LogP) is 1.24. The Balaban J connectivity index is 3.53. The van der Waals surface area contributed by atoms with Crippen molar-refractivity contribution in [1.82, 2.24) is 0 Å². The second-order valence-corrected chi connectivity index (χ2v) is 4.78. The molecule has 0 saturated heterocycles. The molecule has 1 aromatic carbocycles. The van der Waals surface area contributed by atoms with Gasteiger partial charge in [-0.25, -0.2) is 12.8 Å². The lowest BCUT2D eigenvalue weighted by Crippen LogP contribution is -2.02. The van der Waals surface area contributed by atoms with Gasteiger partial charge in [0.25, 0.3) is 0 Å². The van der Waals surface area contributed by atoms with E-state index in [1.54, 1.807) is 0 Å². The third kappa shape index (κ3) is 1.80. The van der Waals surface area contributed by atoms with Crippen LogP contribution in [0.3, 0.4) is 0 Å². The molecule has 0 amide bonds. The van der Waals surface area contributed by atoms with E-state index in [0.29, 0.717) is 0 Å². The molecule has 3 nitrogen and oxygen atoms in total. The fourth-order valence-corrected chi connectivity index (χ4v) is 1.73. The van der Waals surface area contributed by atoms with E-state index in [2.05, 4.69) is 0 Å². The van der Waals surface area contributed by atoms with Gasteiger partial charge in [-0.05, 0) is 19.1 Å². The van der Waals surface area contributed by atoms with E-state index in [-0.39, 0.29) is 16.2 Å². The number of phenols is 1. The summed E-state index contributed by atoms with van der Waals surface area (Å²) in [6, 6.07) is 2.21. The van der Waals surface area contributed by atoms with Crippen molar-refractivity contribution in [1.29, 1.82) is 0 Å². The molecule has 0 aliphatic rings. The average molecular weight is 204 g/mol. The van der Waals surface area contributed by atoms with Crippen LogP contribution in [0.5, 0.6) is 5.75 Å². The van der Waals surface area contributed by atoms with Crippen LogP contribution in [0, 0.1) is 12.7 Å². The highest BCUT2D eigenvalue weighted by Gasteiger charge is 2.16. The fraction of sp³-hybridized carbons (Fsp3) is 0.250. The molecule has 0 heterocycles. The van der Waals surface area contributed by atoms with Crippen molar-refractivity contribution in [2.75, 3.05) is 6.26 Å². The summed E-state index contributed by atoms with van der Waals surface area (Å²) in [6.45, 7) is 1.32. The first-order chi connectivity index (χ1) is 5.84. The topological polar surface area (TPSA) is 54.4 Å². The summed E-state index contributed by atoms with van der Waals surface area (Å²) >= 11 is 0. The second kappa shape index (κ2) is 2.99. The van der Waals surface area contributed by atoms with Crippen molar-refractivity contribution >= 4 is 9.84 Å². The minimum atomic E-state index is -3.56. The van der Waals surface area contributed by atoms with Crippen LogP contribution >= 0.6 is 0 Å². The number of hydrogen-bond acceptors (Lipinski definition) is 3. The van der Waals surface area contributed by atoms with E-state index in [1.165, 1.54) is 6.92 Å². The van der Waals surface area contributed by atoms with Crippen LogP contribution in [-0.4, -0.2) is 19.8 Å². The number of rotatable bonds is 1. The summed E-state index contributed by atoms with van der Waals surface area (Å²) in [5, 5.41) is 9.06. The standard InChI is InChI=1S/C8H9FO3S/c1-5-6(10)3-4-7(8(5)9)13(2,11)12/h3-4,10H,1-2H3. The molecule has 0 aliphatic heterocycles. The molecule has 0 unspecified atom stereocenters. The first-order valence-electron chi connectivity index (χ1n) is 3.52. The monoisotopic (exact) mass is 204 g/mol. The zero-order valence-electron chi connectivity index (χ0n) is 7.20. The zero-order valence-corrected chi connectivity index (χ0v) is 8.02. The highest BCUT2D eigenvalue weighted by molar-refractivity contribution is 7.90. The predicted molar refractivity (Wildman–Crippen MR) is 45.9 cm³/mol. The molecular formula is C8H9FO3S. The van der Waals surface area contributed by atoms with E-state index in [9.17, 15) is 12.8 Å². The molecule has 1 N–H and O–H groups in total. The van der Waals surface area contributed by atoms with Crippen molar-refractivity contribution in [2.45, 2.75) is 11.8 Å². The van der Waals surface area contributed by atoms with E-state index >= 15 is 0 Å². The van der Waals surface area contributed by atoms with Crippen LogP contribution in [-0.2, 0) is 9.84 Å². The van der Waals surface area contributed by atoms with Gasteiger partial charge in [0.2, 0.25) is 0 Å². The van der Waals surface area contributed by atoms with Crippen molar-refractivity contribution in [2.24, 2.45) is 0 Å². The molecule has 0 radical (unpaired) electrons. The maximum absolute atomic E-state index is 13.2. The van der Waals surface area contributed by atoms with Crippen LogP contribution in [0.15, 0.2) is 17.0 Å². The van der Waals surface area contributed by atoms with Gasteiger partial charge in [-0.1, -0.05) is 0 Å². The van der Waals surface area contributed by atoms with E-state index in [0.717, 1.165) is 18.4 Å². The van der Waals surface area contributed by atoms with Crippen molar-refractivity contribution < 1.29 is 17.9 Å². The van der Waals surface area contributed by atoms with Gasteiger partial charge in [-0.15, -0.1) is 0 Å². The van der Waals surface area contributed by atoms with Crippen LogP contribution < -0.4 is 0 Å². The molecule has 0 saturated carbocycles. The highest BCUT2D eigenvalue weighted by atomic mass is 32.2. The lowest BCUT2D eigenvalue weighted by atomic mass is 10.2. The highest BCUT2D eigenvalue weighted by Crippen LogP contribution is 2.24. The van der Waals surface area contributed by atoms with Crippen molar-refractivity contribution in [3.8, 4) is 5.75 Å². The molecule has 0 spiro atoms. The molecule has 1 rings (SSSR count). The third-order valence-electron chi connectivity index (χ3n) is 1.72. The fourth-order valence-electron chi connectivity index (χ4n) is 0.936. The van der Waals surface area contributed by atoms with Crippen molar-refractivity contribution in [3.05, 3.63) is 23.5 Å². The van der Waals surface area contributed by atoms with Gasteiger partial charge in [0.05, 0.1) is 0 Å². The van der Waals surface area contributed by atoms with Gasteiger partial charge in [-0.3, -0.25) is 0 Å². The van der Waals surface area contributed by atoms with E-state index in [1.807, 2.05) is 0 Å². The Hall–Kier alpha value is -1.10. The van der Waals surface area contributed by atoms with Crippen LogP contribution in [0.25, 0.3) is 0 Å². The molecule has 1 aromatic rings. The maximum atomic E-state index is 13.2. The second-order valence-electron chi connectivity index (χ2n) is 2.79. The molecule has 72 valence electrons. The Bertz CT molecular complexity index is 437. The van der Waals surface area contributed by atoms with Crippen molar-refractivity contribution in [3.63, 3.8) is 0 Å². The zero-order chi connectivity index (χ0) is 10.2. The lowest BCUT2D eigenvalue weighted by molar-refractivity contribution is 0.459. The molecular weight excluding hydrogens is 195 g/mol. The van der Waals surface area contributed by atoms with Gasteiger partial charge >= 0.3 is 0 Å². The van der Waals surface area contributed by atoms with Gasteiger partial charge < -0.3 is 5.11 Å². The van der Waals surface area contributed by atoms with Gasteiger partial charge in [0.1, 0.15) is 16.5 Å². The largest absolute Gasteiger partial charge is 0.508 e. The number of sulfone groups is 1. The lowest BCUT2D eigenvalue weighted by Gasteiger charge is -2.04. The Kier molecular flexibility index (Phi) is 2.30. The number of halogens is 1. The summed E-state index contributed by atoms with van der Waals surface area (Å²) in [7, 11) is -3.56. The van der Waals surface area contributed by atoms with Gasteiger partial charge in [0, 0.05) is 11.8 Å². The van der Waals surface area contributed by atoms with Gasteiger partial charge in [0.15, 0.2) is 9.84 Å².